The Morgan fingerprint density at radius 3 is 2.19 bits per heavy atom. The summed E-state index contributed by atoms with van der Waals surface area (Å²) in [7, 11) is 0.162. The molecule has 0 spiro atoms. The van der Waals surface area contributed by atoms with Gasteiger partial charge >= 0.3 is 0 Å². The van der Waals surface area contributed by atoms with Gasteiger partial charge in [0.05, 0.1) is 11.9 Å². The first-order valence-electron chi connectivity index (χ1n) is 7.89. The lowest BCUT2D eigenvalue weighted by Crippen LogP contribution is -2.37. The highest BCUT2D eigenvalue weighted by molar-refractivity contribution is 7.92. The number of sulfonamides is 1. The third kappa shape index (κ3) is 5.12. The summed E-state index contributed by atoms with van der Waals surface area (Å²) in [6.45, 7) is 1.51. The summed E-state index contributed by atoms with van der Waals surface area (Å²) in [4.78, 5) is 14.3. The van der Waals surface area contributed by atoms with Gasteiger partial charge in [0.15, 0.2) is 0 Å². The zero-order valence-corrected chi connectivity index (χ0v) is 16.7. The van der Waals surface area contributed by atoms with E-state index < -0.39 is 15.9 Å². The van der Waals surface area contributed by atoms with Gasteiger partial charge < -0.3 is 10.2 Å². The number of carbonyl (C=O) groups is 1. The molecule has 2 aromatic rings. The molecule has 0 saturated carbocycles. The number of halogens is 1. The second-order valence-corrected chi connectivity index (χ2v) is 8.53. The fourth-order valence-corrected chi connectivity index (χ4v) is 3.39. The van der Waals surface area contributed by atoms with E-state index in [0.29, 0.717) is 16.4 Å². The number of hydrogen-bond donors (Lipinski definition) is 1. The highest BCUT2D eigenvalue weighted by Crippen LogP contribution is 2.23. The summed E-state index contributed by atoms with van der Waals surface area (Å²) in [5.41, 5.74) is 2.75. The molecule has 0 radical (unpaired) electrons. The maximum atomic E-state index is 12.4. The largest absolute Gasteiger partial charge is 0.378 e. The predicted molar refractivity (Wildman–Crippen MR) is 108 cm³/mol. The Labute approximate surface area is 159 Å². The number of aryl methyl sites for hydroxylation is 1. The SMILES string of the molecule is Cc1ccc(Cl)cc1NC(=O)CN(c1ccc(N(C)C)cc1)S(C)(=O)=O. The Morgan fingerprint density at radius 2 is 1.65 bits per heavy atom. The van der Waals surface area contributed by atoms with Crippen LogP contribution >= 0.6 is 11.6 Å². The highest BCUT2D eigenvalue weighted by atomic mass is 35.5. The van der Waals surface area contributed by atoms with Crippen molar-refractivity contribution in [3.63, 3.8) is 0 Å². The molecule has 26 heavy (non-hydrogen) atoms. The normalized spacial score (nSPS) is 11.1. The van der Waals surface area contributed by atoms with Crippen LogP contribution in [-0.2, 0) is 14.8 Å². The van der Waals surface area contributed by atoms with Crippen LogP contribution < -0.4 is 14.5 Å². The quantitative estimate of drug-likeness (QED) is 0.815. The van der Waals surface area contributed by atoms with E-state index in [9.17, 15) is 13.2 Å². The van der Waals surface area contributed by atoms with E-state index >= 15 is 0 Å². The topological polar surface area (TPSA) is 69.7 Å². The Hall–Kier alpha value is -2.25. The zero-order valence-electron chi connectivity index (χ0n) is 15.2. The third-order valence-electron chi connectivity index (χ3n) is 3.82. The van der Waals surface area contributed by atoms with Crippen molar-refractivity contribution in [2.24, 2.45) is 0 Å². The van der Waals surface area contributed by atoms with E-state index in [-0.39, 0.29) is 6.54 Å². The molecular weight excluding hydrogens is 374 g/mol. The van der Waals surface area contributed by atoms with Gasteiger partial charge in [0.1, 0.15) is 6.54 Å². The van der Waals surface area contributed by atoms with Gasteiger partial charge in [0, 0.05) is 30.5 Å². The average molecular weight is 396 g/mol. The predicted octanol–water partition coefficient (Wildman–Crippen LogP) is 3.12. The van der Waals surface area contributed by atoms with E-state index in [4.69, 9.17) is 11.6 Å². The van der Waals surface area contributed by atoms with Gasteiger partial charge in [-0.3, -0.25) is 9.10 Å². The molecule has 0 bridgehead atoms. The second-order valence-electron chi connectivity index (χ2n) is 6.19. The molecule has 6 nitrogen and oxygen atoms in total. The number of nitrogens with one attached hydrogen (secondary N) is 1. The Bertz CT molecular complexity index is 896. The molecule has 0 saturated heterocycles. The Kier molecular flexibility index (Phi) is 6.15. The number of carbonyl (C=O) groups excluding carboxylic acids is 1. The molecule has 1 amide bonds. The van der Waals surface area contributed by atoms with Gasteiger partial charge in [0.2, 0.25) is 15.9 Å². The van der Waals surface area contributed by atoms with Crippen molar-refractivity contribution >= 4 is 44.6 Å². The van der Waals surface area contributed by atoms with E-state index in [1.165, 1.54) is 0 Å². The van der Waals surface area contributed by atoms with Crippen LogP contribution in [-0.4, -0.2) is 41.2 Å². The van der Waals surface area contributed by atoms with E-state index in [1.807, 2.05) is 25.9 Å². The molecule has 2 aromatic carbocycles. The standard InChI is InChI=1S/C18H22ClN3O3S/c1-13-5-6-14(19)11-17(13)20-18(23)12-22(26(4,24)25)16-9-7-15(8-10-16)21(2)3/h5-11H,12H2,1-4H3,(H,20,23). The Balaban J connectivity index is 2.23. The van der Waals surface area contributed by atoms with Crippen LogP contribution in [0.4, 0.5) is 17.1 Å². The summed E-state index contributed by atoms with van der Waals surface area (Å²) in [5.74, 6) is -0.447. The van der Waals surface area contributed by atoms with Crippen LogP contribution in [0.5, 0.6) is 0 Å². The monoisotopic (exact) mass is 395 g/mol. The van der Waals surface area contributed by atoms with Crippen molar-refractivity contribution in [1.29, 1.82) is 0 Å². The second kappa shape index (κ2) is 7.97. The lowest BCUT2D eigenvalue weighted by atomic mass is 10.2. The molecule has 0 heterocycles. The minimum absolute atomic E-state index is 0.327. The number of anilines is 3. The minimum Gasteiger partial charge on any atom is -0.378 e. The third-order valence-corrected chi connectivity index (χ3v) is 5.19. The number of benzene rings is 2. The van der Waals surface area contributed by atoms with Gasteiger partial charge in [-0.25, -0.2) is 8.42 Å². The zero-order chi connectivity index (χ0) is 19.5. The molecule has 0 aromatic heterocycles. The number of hydrogen-bond acceptors (Lipinski definition) is 4. The Morgan fingerprint density at radius 1 is 1.08 bits per heavy atom. The van der Waals surface area contributed by atoms with Crippen LogP contribution in [0.1, 0.15) is 5.56 Å². The fourth-order valence-electron chi connectivity index (χ4n) is 2.37. The van der Waals surface area contributed by atoms with Crippen LogP contribution in [0.15, 0.2) is 42.5 Å². The molecular formula is C18H22ClN3O3S. The average Bonchev–Trinajstić information content (AvgIpc) is 2.55. The van der Waals surface area contributed by atoms with Gasteiger partial charge in [-0.2, -0.15) is 0 Å². The molecule has 2 rings (SSSR count). The molecule has 0 fully saturated rings. The molecule has 140 valence electrons. The molecule has 0 aliphatic heterocycles. The summed E-state index contributed by atoms with van der Waals surface area (Å²) < 4.78 is 25.4. The summed E-state index contributed by atoms with van der Waals surface area (Å²) in [6, 6.07) is 12.1. The lowest BCUT2D eigenvalue weighted by Gasteiger charge is -2.23. The summed E-state index contributed by atoms with van der Waals surface area (Å²) in [5, 5.41) is 3.21. The van der Waals surface area contributed by atoms with Gasteiger partial charge in [-0.1, -0.05) is 17.7 Å². The van der Waals surface area contributed by atoms with E-state index in [1.54, 1.807) is 42.5 Å². The number of nitrogens with zero attached hydrogens (tertiary/aromatic N) is 2. The molecule has 0 unspecified atom stereocenters. The van der Waals surface area contributed by atoms with Gasteiger partial charge in [0.25, 0.3) is 0 Å². The van der Waals surface area contributed by atoms with Crippen molar-refractivity contribution in [1.82, 2.24) is 0 Å². The van der Waals surface area contributed by atoms with Gasteiger partial charge in [-0.15, -0.1) is 0 Å². The van der Waals surface area contributed by atoms with Crippen molar-refractivity contribution in [2.75, 3.05) is 41.4 Å². The van der Waals surface area contributed by atoms with Crippen molar-refractivity contribution in [3.05, 3.63) is 53.1 Å². The fraction of sp³-hybridized carbons (Fsp3) is 0.278. The number of rotatable bonds is 6. The van der Waals surface area contributed by atoms with Crippen LogP contribution in [0.25, 0.3) is 0 Å². The molecule has 0 aliphatic rings. The van der Waals surface area contributed by atoms with E-state index in [2.05, 4.69) is 5.32 Å². The van der Waals surface area contributed by atoms with E-state index in [0.717, 1.165) is 21.8 Å². The first kappa shape index (κ1) is 20.1. The molecule has 0 atom stereocenters. The maximum Gasteiger partial charge on any atom is 0.245 e. The van der Waals surface area contributed by atoms with Crippen LogP contribution in [0.3, 0.4) is 0 Å². The number of amides is 1. The van der Waals surface area contributed by atoms with Crippen LogP contribution in [0, 0.1) is 6.92 Å². The maximum absolute atomic E-state index is 12.4. The molecule has 8 heteroatoms. The van der Waals surface area contributed by atoms with Gasteiger partial charge in [-0.05, 0) is 48.9 Å². The first-order chi connectivity index (χ1) is 12.1. The van der Waals surface area contributed by atoms with Crippen molar-refractivity contribution in [3.8, 4) is 0 Å². The van der Waals surface area contributed by atoms with Crippen LogP contribution in [0.2, 0.25) is 5.02 Å². The lowest BCUT2D eigenvalue weighted by molar-refractivity contribution is -0.114. The van der Waals surface area contributed by atoms with Crippen molar-refractivity contribution in [2.45, 2.75) is 6.92 Å². The minimum atomic E-state index is -3.62. The molecule has 1 N–H and O–H groups in total. The smallest absolute Gasteiger partial charge is 0.245 e. The molecule has 0 aliphatic carbocycles. The first-order valence-corrected chi connectivity index (χ1v) is 10.1. The summed E-state index contributed by atoms with van der Waals surface area (Å²) >= 11 is 5.95. The van der Waals surface area contributed by atoms with Crippen molar-refractivity contribution < 1.29 is 13.2 Å². The summed E-state index contributed by atoms with van der Waals surface area (Å²) in [6.07, 6.45) is 1.07. The highest BCUT2D eigenvalue weighted by Gasteiger charge is 2.21.